The van der Waals surface area contributed by atoms with Crippen molar-refractivity contribution in [3.8, 4) is 6.07 Å². The maximum atomic E-state index is 9.02. The van der Waals surface area contributed by atoms with E-state index < -0.39 is 0 Å². The fourth-order valence-corrected chi connectivity index (χ4v) is 2.92. The molecule has 0 aromatic heterocycles. The van der Waals surface area contributed by atoms with Gasteiger partial charge in [-0.15, -0.1) is 0 Å². The van der Waals surface area contributed by atoms with Gasteiger partial charge in [0.25, 0.3) is 0 Å². The molecule has 1 atom stereocenters. The molecule has 1 N–H and O–H groups in total. The van der Waals surface area contributed by atoms with E-state index in [9.17, 15) is 0 Å². The molecule has 96 valence electrons. The molecule has 0 spiro atoms. The maximum absolute atomic E-state index is 9.02. The van der Waals surface area contributed by atoms with E-state index >= 15 is 0 Å². The van der Waals surface area contributed by atoms with E-state index in [1.165, 1.54) is 12.8 Å². The van der Waals surface area contributed by atoms with Crippen LogP contribution in [0.5, 0.6) is 0 Å². The summed E-state index contributed by atoms with van der Waals surface area (Å²) in [6.07, 6.45) is 3.58. The lowest BCUT2D eigenvalue weighted by atomic mass is 10.1. The fraction of sp³-hybridized carbons (Fsp3) is 0.500. The number of nitrogens with zero attached hydrogens (tertiary/aromatic N) is 2. The molecule has 1 aromatic carbocycles. The van der Waals surface area contributed by atoms with E-state index in [1.807, 2.05) is 12.1 Å². The van der Waals surface area contributed by atoms with Gasteiger partial charge >= 0.3 is 0 Å². The largest absolute Gasteiger partial charge is 0.371 e. The normalized spacial score (nSPS) is 19.9. The predicted molar refractivity (Wildman–Crippen MR) is 77.8 cm³/mol. The number of rotatable bonds is 2. The van der Waals surface area contributed by atoms with Crippen LogP contribution in [0.1, 0.15) is 24.8 Å². The van der Waals surface area contributed by atoms with Crippen LogP contribution < -0.4 is 10.2 Å². The molecule has 1 heterocycles. The van der Waals surface area contributed by atoms with E-state index in [4.69, 9.17) is 5.26 Å². The minimum absolute atomic E-state index is 0.556. The Labute approximate surface area is 117 Å². The van der Waals surface area contributed by atoms with E-state index in [2.05, 4.69) is 45.3 Å². The van der Waals surface area contributed by atoms with Crippen molar-refractivity contribution in [1.29, 1.82) is 5.26 Å². The summed E-state index contributed by atoms with van der Waals surface area (Å²) in [6, 6.07) is 8.66. The van der Waals surface area contributed by atoms with Crippen molar-refractivity contribution in [2.45, 2.75) is 25.3 Å². The Hall–Kier alpha value is -1.05. The number of hydrogen-bond acceptors (Lipinski definition) is 3. The molecule has 0 radical (unpaired) electrons. The number of nitrogens with one attached hydrogen (secondary N) is 1. The van der Waals surface area contributed by atoms with E-state index in [1.54, 1.807) is 0 Å². The van der Waals surface area contributed by atoms with Crippen LogP contribution in [0.25, 0.3) is 0 Å². The summed E-state index contributed by atoms with van der Waals surface area (Å²) in [5.41, 5.74) is 1.82. The van der Waals surface area contributed by atoms with Crippen molar-refractivity contribution in [1.82, 2.24) is 5.32 Å². The van der Waals surface area contributed by atoms with Crippen LogP contribution >= 0.6 is 15.9 Å². The van der Waals surface area contributed by atoms with Gasteiger partial charge in [-0.3, -0.25) is 0 Å². The zero-order valence-electron chi connectivity index (χ0n) is 10.6. The van der Waals surface area contributed by atoms with Crippen molar-refractivity contribution < 1.29 is 0 Å². The summed E-state index contributed by atoms with van der Waals surface area (Å²) >= 11 is 3.47. The molecule has 0 aliphatic carbocycles. The maximum Gasteiger partial charge on any atom is 0.0992 e. The topological polar surface area (TPSA) is 39.1 Å². The highest BCUT2D eigenvalue weighted by Gasteiger charge is 2.17. The quantitative estimate of drug-likeness (QED) is 0.913. The van der Waals surface area contributed by atoms with Crippen molar-refractivity contribution in [2.24, 2.45) is 0 Å². The van der Waals surface area contributed by atoms with Gasteiger partial charge in [-0.2, -0.15) is 5.26 Å². The average Bonchev–Trinajstić information content (AvgIpc) is 2.65. The molecule has 1 unspecified atom stereocenters. The van der Waals surface area contributed by atoms with Crippen LogP contribution in [-0.2, 0) is 0 Å². The van der Waals surface area contributed by atoms with Crippen LogP contribution in [0, 0.1) is 11.3 Å². The van der Waals surface area contributed by atoms with Gasteiger partial charge in [0, 0.05) is 23.2 Å². The summed E-state index contributed by atoms with van der Waals surface area (Å²) in [5, 5.41) is 12.5. The third-order valence-electron chi connectivity index (χ3n) is 3.51. The molecule has 1 fully saturated rings. The van der Waals surface area contributed by atoms with Crippen molar-refractivity contribution in [2.75, 3.05) is 25.0 Å². The summed E-state index contributed by atoms with van der Waals surface area (Å²) in [6.45, 7) is 2.19. The zero-order chi connectivity index (χ0) is 13.0. The molecule has 1 aromatic rings. The number of benzene rings is 1. The van der Waals surface area contributed by atoms with Gasteiger partial charge in [-0.05, 0) is 50.6 Å². The number of nitriles is 1. The predicted octanol–water partition coefficient (Wildman–Crippen LogP) is 2.90. The molecule has 18 heavy (non-hydrogen) atoms. The average molecular weight is 308 g/mol. The second-order valence-electron chi connectivity index (χ2n) is 4.76. The summed E-state index contributed by atoms with van der Waals surface area (Å²) in [7, 11) is 2.12. The van der Waals surface area contributed by atoms with Crippen molar-refractivity contribution >= 4 is 21.6 Å². The second-order valence-corrected chi connectivity index (χ2v) is 5.67. The van der Waals surface area contributed by atoms with Gasteiger partial charge in [0.1, 0.15) is 0 Å². The highest BCUT2D eigenvalue weighted by Crippen LogP contribution is 2.25. The zero-order valence-corrected chi connectivity index (χ0v) is 12.2. The van der Waals surface area contributed by atoms with E-state index in [0.717, 1.165) is 29.7 Å². The van der Waals surface area contributed by atoms with Crippen LogP contribution in [0.15, 0.2) is 22.7 Å². The lowest BCUT2D eigenvalue weighted by molar-refractivity contribution is 0.567. The molecule has 0 bridgehead atoms. The Balaban J connectivity index is 2.19. The van der Waals surface area contributed by atoms with Crippen LogP contribution in [0.2, 0.25) is 0 Å². The lowest BCUT2D eigenvalue weighted by Crippen LogP contribution is -2.32. The lowest BCUT2D eigenvalue weighted by Gasteiger charge is -2.29. The fourth-order valence-electron chi connectivity index (χ4n) is 2.44. The van der Waals surface area contributed by atoms with Gasteiger partial charge in [-0.25, -0.2) is 0 Å². The van der Waals surface area contributed by atoms with Crippen LogP contribution in [-0.4, -0.2) is 26.2 Å². The number of halogens is 1. The van der Waals surface area contributed by atoms with Gasteiger partial charge in [0.05, 0.1) is 11.6 Å². The second kappa shape index (κ2) is 6.21. The Bertz CT molecular complexity index is 445. The molecule has 0 saturated carbocycles. The molecule has 2 rings (SSSR count). The summed E-state index contributed by atoms with van der Waals surface area (Å²) in [4.78, 5) is 2.30. The minimum Gasteiger partial charge on any atom is -0.371 e. The molecule has 1 aliphatic rings. The van der Waals surface area contributed by atoms with E-state index in [0.29, 0.717) is 11.6 Å². The Kier molecular flexibility index (Phi) is 4.62. The standard InChI is InChI=1S/C14H18BrN3/c1-18(13-3-2-5-17-6-4-13)14-8-11(10-16)7-12(15)9-14/h7-9,13,17H,2-6H2,1H3. The molecular formula is C14H18BrN3. The molecule has 0 amide bonds. The first-order chi connectivity index (χ1) is 8.70. The highest BCUT2D eigenvalue weighted by atomic mass is 79.9. The number of hydrogen-bond donors (Lipinski definition) is 1. The minimum atomic E-state index is 0.556. The van der Waals surface area contributed by atoms with Crippen molar-refractivity contribution in [3.63, 3.8) is 0 Å². The first kappa shape index (κ1) is 13.4. The highest BCUT2D eigenvalue weighted by molar-refractivity contribution is 9.10. The van der Waals surface area contributed by atoms with E-state index in [-0.39, 0.29) is 0 Å². The first-order valence-electron chi connectivity index (χ1n) is 6.35. The molecule has 3 nitrogen and oxygen atoms in total. The summed E-state index contributed by atoms with van der Waals surface area (Å²) in [5.74, 6) is 0. The Morgan fingerprint density at radius 3 is 2.94 bits per heavy atom. The number of anilines is 1. The van der Waals surface area contributed by atoms with Gasteiger partial charge < -0.3 is 10.2 Å². The van der Waals surface area contributed by atoms with Gasteiger partial charge in [-0.1, -0.05) is 15.9 Å². The Morgan fingerprint density at radius 1 is 1.33 bits per heavy atom. The smallest absolute Gasteiger partial charge is 0.0992 e. The third-order valence-corrected chi connectivity index (χ3v) is 3.97. The molecular weight excluding hydrogens is 290 g/mol. The molecule has 1 aliphatic heterocycles. The SMILES string of the molecule is CN(c1cc(Br)cc(C#N)c1)C1CCCNCC1. The summed E-state index contributed by atoms with van der Waals surface area (Å²) < 4.78 is 0.968. The van der Waals surface area contributed by atoms with Gasteiger partial charge in [0.15, 0.2) is 0 Å². The molecule has 1 saturated heterocycles. The van der Waals surface area contributed by atoms with Gasteiger partial charge in [0.2, 0.25) is 0 Å². The van der Waals surface area contributed by atoms with Crippen LogP contribution in [0.3, 0.4) is 0 Å². The third kappa shape index (κ3) is 3.24. The molecule has 4 heteroatoms. The Morgan fingerprint density at radius 2 is 2.17 bits per heavy atom. The van der Waals surface area contributed by atoms with Crippen LogP contribution in [0.4, 0.5) is 5.69 Å². The monoisotopic (exact) mass is 307 g/mol. The van der Waals surface area contributed by atoms with Crippen molar-refractivity contribution in [3.05, 3.63) is 28.2 Å². The first-order valence-corrected chi connectivity index (χ1v) is 7.14.